The first-order chi connectivity index (χ1) is 14.6. The molecular weight excluding hydrogens is 389 g/mol. The topological polar surface area (TPSA) is 91.2 Å². The molecule has 0 spiro atoms. The summed E-state index contributed by atoms with van der Waals surface area (Å²) in [6.07, 6.45) is 3.09. The fourth-order valence-electron chi connectivity index (χ4n) is 3.21. The van der Waals surface area contributed by atoms with Crippen LogP contribution in [-0.4, -0.2) is 45.1 Å². The number of amides is 1. The highest BCUT2D eigenvalue weighted by Crippen LogP contribution is 2.18. The van der Waals surface area contributed by atoms with Gasteiger partial charge in [0.15, 0.2) is 0 Å². The molecule has 9 heteroatoms. The summed E-state index contributed by atoms with van der Waals surface area (Å²) in [5.74, 6) is -0.224. The van der Waals surface area contributed by atoms with Crippen molar-refractivity contribution in [1.82, 2.24) is 25.3 Å². The number of nitrogens with zero attached hydrogens (tertiary/aromatic N) is 4. The van der Waals surface area contributed by atoms with Crippen molar-refractivity contribution >= 4 is 5.91 Å². The summed E-state index contributed by atoms with van der Waals surface area (Å²) in [5.41, 5.74) is 2.00. The molecule has 8 nitrogen and oxygen atoms in total. The second-order valence-electron chi connectivity index (χ2n) is 7.02. The predicted octanol–water partition coefficient (Wildman–Crippen LogP) is 2.60. The number of para-hydroxylation sites is 1. The molecule has 1 aromatic carbocycles. The van der Waals surface area contributed by atoms with Gasteiger partial charge in [-0.05, 0) is 38.0 Å². The number of pyridine rings is 1. The van der Waals surface area contributed by atoms with Gasteiger partial charge in [0.05, 0.1) is 11.3 Å². The molecule has 2 aromatic heterocycles. The summed E-state index contributed by atoms with van der Waals surface area (Å²) >= 11 is 0. The van der Waals surface area contributed by atoms with Gasteiger partial charge in [-0.15, -0.1) is 5.10 Å². The van der Waals surface area contributed by atoms with E-state index in [1.54, 1.807) is 37.3 Å². The Hall–Kier alpha value is -3.33. The zero-order valence-corrected chi connectivity index (χ0v) is 16.5. The smallest absolute Gasteiger partial charge is 0.253 e. The van der Waals surface area contributed by atoms with E-state index in [-0.39, 0.29) is 18.6 Å². The Balaban J connectivity index is 1.41. The Labute approximate surface area is 173 Å². The number of aryl methyl sites for hydroxylation is 1. The maximum absolute atomic E-state index is 14.1. The van der Waals surface area contributed by atoms with E-state index >= 15 is 0 Å². The molecule has 0 saturated carbocycles. The van der Waals surface area contributed by atoms with Crippen molar-refractivity contribution in [3.05, 3.63) is 65.4 Å². The number of hydrogen-bond donors (Lipinski definition) is 1. The number of benzene rings is 1. The lowest BCUT2D eigenvalue weighted by Crippen LogP contribution is -2.38. The van der Waals surface area contributed by atoms with Crippen LogP contribution in [0.2, 0.25) is 0 Å². The molecule has 30 heavy (non-hydrogen) atoms. The first kappa shape index (κ1) is 20.0. The summed E-state index contributed by atoms with van der Waals surface area (Å²) in [5, 5.41) is 11.0. The van der Waals surface area contributed by atoms with Gasteiger partial charge < -0.3 is 14.8 Å². The fraction of sp³-hybridized carbons (Fsp3) is 0.333. The number of carbonyl (C=O) groups is 1. The number of aromatic nitrogens is 4. The first-order valence-corrected chi connectivity index (χ1v) is 9.75. The lowest BCUT2D eigenvalue weighted by Gasteiger charge is -2.23. The Morgan fingerprint density at radius 3 is 2.80 bits per heavy atom. The van der Waals surface area contributed by atoms with Gasteiger partial charge in [0.25, 0.3) is 5.91 Å². The Kier molecular flexibility index (Phi) is 5.99. The molecular formula is C21H22FN5O3. The summed E-state index contributed by atoms with van der Waals surface area (Å²) < 4.78 is 26.6. The van der Waals surface area contributed by atoms with Gasteiger partial charge in [-0.2, -0.15) is 0 Å². The van der Waals surface area contributed by atoms with Gasteiger partial charge >= 0.3 is 0 Å². The standard InChI is InChI=1S/C21H22FN5O3/c1-14-19(27(26-25-14)18-5-3-2-4-17(18)22)13-30-20-7-6-15(12-23-20)21(28)24-16-8-10-29-11-9-16/h2-7,12,16H,8-11,13H2,1H3,(H,24,28). The van der Waals surface area contributed by atoms with Crippen LogP contribution in [0.3, 0.4) is 0 Å². The average Bonchev–Trinajstić information content (AvgIpc) is 3.14. The molecule has 4 rings (SSSR count). The molecule has 1 amide bonds. The molecule has 0 aliphatic carbocycles. The molecule has 3 heterocycles. The van der Waals surface area contributed by atoms with Crippen LogP contribution in [0.5, 0.6) is 5.88 Å². The SMILES string of the molecule is Cc1nnn(-c2ccccc2F)c1COc1ccc(C(=O)NC2CCOCC2)cn1. The van der Waals surface area contributed by atoms with E-state index in [4.69, 9.17) is 9.47 Å². The monoisotopic (exact) mass is 411 g/mol. The highest BCUT2D eigenvalue weighted by molar-refractivity contribution is 5.94. The van der Waals surface area contributed by atoms with Crippen molar-refractivity contribution in [3.63, 3.8) is 0 Å². The molecule has 156 valence electrons. The third-order valence-corrected chi connectivity index (χ3v) is 4.95. The largest absolute Gasteiger partial charge is 0.471 e. The van der Waals surface area contributed by atoms with E-state index in [9.17, 15) is 9.18 Å². The molecule has 1 N–H and O–H groups in total. The fourth-order valence-corrected chi connectivity index (χ4v) is 3.21. The highest BCUT2D eigenvalue weighted by atomic mass is 19.1. The van der Waals surface area contributed by atoms with Gasteiger partial charge in [-0.25, -0.2) is 14.1 Å². The average molecular weight is 411 g/mol. The van der Waals surface area contributed by atoms with Crippen LogP contribution in [0, 0.1) is 12.7 Å². The molecule has 0 radical (unpaired) electrons. The second-order valence-corrected chi connectivity index (χ2v) is 7.02. The molecule has 1 aliphatic heterocycles. The van der Waals surface area contributed by atoms with Crippen molar-refractivity contribution in [2.45, 2.75) is 32.4 Å². The maximum atomic E-state index is 14.1. The number of rotatable bonds is 6. The van der Waals surface area contributed by atoms with Crippen molar-refractivity contribution in [2.24, 2.45) is 0 Å². The van der Waals surface area contributed by atoms with Crippen LogP contribution in [0.15, 0.2) is 42.6 Å². The van der Waals surface area contributed by atoms with Gasteiger partial charge in [0, 0.05) is 31.5 Å². The van der Waals surface area contributed by atoms with E-state index in [1.807, 2.05) is 0 Å². The van der Waals surface area contributed by atoms with Gasteiger partial charge in [0.1, 0.15) is 23.8 Å². The summed E-state index contributed by atoms with van der Waals surface area (Å²) in [6.45, 7) is 3.20. The van der Waals surface area contributed by atoms with Gasteiger partial charge in [0.2, 0.25) is 5.88 Å². The van der Waals surface area contributed by atoms with E-state index in [0.29, 0.717) is 41.7 Å². The molecule has 0 unspecified atom stereocenters. The Morgan fingerprint density at radius 2 is 2.07 bits per heavy atom. The maximum Gasteiger partial charge on any atom is 0.253 e. The van der Waals surface area contributed by atoms with Crippen LogP contribution in [0.4, 0.5) is 4.39 Å². The zero-order chi connectivity index (χ0) is 20.9. The normalized spacial score (nSPS) is 14.5. The predicted molar refractivity (Wildman–Crippen MR) is 106 cm³/mol. The minimum atomic E-state index is -0.401. The van der Waals surface area contributed by atoms with Crippen molar-refractivity contribution in [3.8, 4) is 11.6 Å². The van der Waals surface area contributed by atoms with E-state index in [1.165, 1.54) is 16.9 Å². The van der Waals surface area contributed by atoms with E-state index < -0.39 is 5.82 Å². The summed E-state index contributed by atoms with van der Waals surface area (Å²) in [7, 11) is 0. The third-order valence-electron chi connectivity index (χ3n) is 4.95. The van der Waals surface area contributed by atoms with Gasteiger partial charge in [-0.3, -0.25) is 4.79 Å². The van der Waals surface area contributed by atoms with Crippen LogP contribution < -0.4 is 10.1 Å². The summed E-state index contributed by atoms with van der Waals surface area (Å²) in [6, 6.07) is 9.74. The minimum absolute atomic E-state index is 0.105. The first-order valence-electron chi connectivity index (χ1n) is 9.75. The van der Waals surface area contributed by atoms with Crippen LogP contribution >= 0.6 is 0 Å². The van der Waals surface area contributed by atoms with E-state index in [2.05, 4.69) is 20.6 Å². The number of nitrogens with one attached hydrogen (secondary N) is 1. The second kappa shape index (κ2) is 9.00. The van der Waals surface area contributed by atoms with Crippen molar-refractivity contribution in [2.75, 3.05) is 13.2 Å². The molecule has 0 bridgehead atoms. The number of hydrogen-bond acceptors (Lipinski definition) is 6. The lowest BCUT2D eigenvalue weighted by atomic mass is 10.1. The Morgan fingerprint density at radius 1 is 1.27 bits per heavy atom. The van der Waals surface area contributed by atoms with Crippen molar-refractivity contribution < 1.29 is 18.7 Å². The Bertz CT molecular complexity index is 1020. The molecule has 1 aliphatic rings. The van der Waals surface area contributed by atoms with Crippen LogP contribution in [-0.2, 0) is 11.3 Å². The zero-order valence-electron chi connectivity index (χ0n) is 16.5. The number of halogens is 1. The molecule has 3 aromatic rings. The minimum Gasteiger partial charge on any atom is -0.471 e. The molecule has 1 saturated heterocycles. The number of ether oxygens (including phenoxy) is 2. The number of carbonyl (C=O) groups excluding carboxylic acids is 1. The molecule has 1 fully saturated rings. The van der Waals surface area contributed by atoms with Crippen molar-refractivity contribution in [1.29, 1.82) is 0 Å². The molecule has 0 atom stereocenters. The summed E-state index contributed by atoms with van der Waals surface area (Å²) in [4.78, 5) is 16.6. The van der Waals surface area contributed by atoms with E-state index in [0.717, 1.165) is 12.8 Å². The quantitative estimate of drug-likeness (QED) is 0.671. The van der Waals surface area contributed by atoms with Gasteiger partial charge in [-0.1, -0.05) is 17.3 Å². The highest BCUT2D eigenvalue weighted by Gasteiger charge is 2.18. The lowest BCUT2D eigenvalue weighted by molar-refractivity contribution is 0.0696. The third kappa shape index (κ3) is 4.46. The van der Waals surface area contributed by atoms with Crippen LogP contribution in [0.1, 0.15) is 34.6 Å². The van der Waals surface area contributed by atoms with Crippen LogP contribution in [0.25, 0.3) is 5.69 Å².